The molecule has 2 aliphatic rings. The number of aryl methyl sites for hydroxylation is 1. The van der Waals surface area contributed by atoms with E-state index >= 15 is 0 Å². The minimum atomic E-state index is -0.910. The van der Waals surface area contributed by atoms with E-state index in [2.05, 4.69) is 0 Å². The third-order valence-corrected chi connectivity index (χ3v) is 4.60. The Morgan fingerprint density at radius 3 is 2.15 bits per heavy atom. The standard InChI is InChI=1S/C16H18O4/c1-19-12-8-10-6-7-16(11(10)9-13(12)20-2)14(17)4-3-5-15(16)18/h8-9H,3-7H2,1-2H3. The Kier molecular flexibility index (Phi) is 3.04. The summed E-state index contributed by atoms with van der Waals surface area (Å²) >= 11 is 0. The largest absolute Gasteiger partial charge is 0.493 e. The maximum absolute atomic E-state index is 12.5. The molecule has 0 saturated heterocycles. The molecule has 0 radical (unpaired) electrons. The van der Waals surface area contributed by atoms with Crippen LogP contribution in [0.4, 0.5) is 0 Å². The van der Waals surface area contributed by atoms with Gasteiger partial charge in [0.05, 0.1) is 14.2 Å². The number of Topliss-reactive ketones (excluding diaryl/α,β-unsaturated/α-hetero) is 2. The van der Waals surface area contributed by atoms with E-state index in [9.17, 15) is 9.59 Å². The van der Waals surface area contributed by atoms with E-state index in [0.29, 0.717) is 37.2 Å². The van der Waals surface area contributed by atoms with Gasteiger partial charge in [-0.2, -0.15) is 0 Å². The second kappa shape index (κ2) is 4.62. The Morgan fingerprint density at radius 2 is 1.55 bits per heavy atom. The molecule has 1 aromatic carbocycles. The Labute approximate surface area is 118 Å². The molecule has 1 saturated carbocycles. The van der Waals surface area contributed by atoms with Crippen molar-refractivity contribution < 1.29 is 19.1 Å². The van der Waals surface area contributed by atoms with E-state index in [1.165, 1.54) is 0 Å². The molecule has 2 aliphatic carbocycles. The van der Waals surface area contributed by atoms with Gasteiger partial charge in [0.25, 0.3) is 0 Å². The zero-order valence-corrected chi connectivity index (χ0v) is 11.8. The first kappa shape index (κ1) is 13.2. The van der Waals surface area contributed by atoms with Crippen LogP contribution in [0.3, 0.4) is 0 Å². The normalized spacial score (nSPS) is 20.1. The molecule has 4 heteroatoms. The van der Waals surface area contributed by atoms with Gasteiger partial charge in [-0.25, -0.2) is 0 Å². The van der Waals surface area contributed by atoms with Crippen LogP contribution in [0.25, 0.3) is 0 Å². The highest BCUT2D eigenvalue weighted by Crippen LogP contribution is 2.48. The van der Waals surface area contributed by atoms with E-state index in [1.54, 1.807) is 14.2 Å². The molecule has 3 rings (SSSR count). The molecule has 0 amide bonds. The fourth-order valence-corrected chi connectivity index (χ4v) is 3.55. The van der Waals surface area contributed by atoms with Crippen molar-refractivity contribution in [3.63, 3.8) is 0 Å². The van der Waals surface area contributed by atoms with Crippen molar-refractivity contribution in [1.82, 2.24) is 0 Å². The highest BCUT2D eigenvalue weighted by molar-refractivity contribution is 6.15. The van der Waals surface area contributed by atoms with Gasteiger partial charge in [-0.3, -0.25) is 9.59 Å². The van der Waals surface area contributed by atoms with E-state index in [1.807, 2.05) is 12.1 Å². The summed E-state index contributed by atoms with van der Waals surface area (Å²) in [6.45, 7) is 0. The Bertz CT molecular complexity index is 572. The number of methoxy groups -OCH3 is 2. The number of hydrogen-bond acceptors (Lipinski definition) is 4. The predicted molar refractivity (Wildman–Crippen MR) is 73.4 cm³/mol. The maximum Gasteiger partial charge on any atom is 0.161 e. The van der Waals surface area contributed by atoms with Crippen molar-refractivity contribution in [2.45, 2.75) is 37.5 Å². The summed E-state index contributed by atoms with van der Waals surface area (Å²) in [6, 6.07) is 3.72. The van der Waals surface area contributed by atoms with Gasteiger partial charge in [-0.1, -0.05) is 0 Å². The van der Waals surface area contributed by atoms with Gasteiger partial charge in [0.15, 0.2) is 23.1 Å². The van der Waals surface area contributed by atoms with Gasteiger partial charge in [-0.15, -0.1) is 0 Å². The average Bonchev–Trinajstić information content (AvgIpc) is 2.83. The van der Waals surface area contributed by atoms with Crippen LogP contribution < -0.4 is 9.47 Å². The van der Waals surface area contributed by atoms with Crippen molar-refractivity contribution in [3.8, 4) is 11.5 Å². The zero-order valence-electron chi connectivity index (χ0n) is 11.8. The molecular formula is C16H18O4. The van der Waals surface area contributed by atoms with Crippen LogP contribution in [0.5, 0.6) is 11.5 Å². The van der Waals surface area contributed by atoms with E-state index in [0.717, 1.165) is 17.5 Å². The third kappa shape index (κ3) is 1.60. The van der Waals surface area contributed by atoms with Gasteiger partial charge in [-0.05, 0) is 42.5 Å². The SMILES string of the molecule is COc1cc2c(cc1OC)C1(CC2)C(=O)CCCC1=O. The number of carbonyl (C=O) groups is 2. The minimum absolute atomic E-state index is 0.0692. The third-order valence-electron chi connectivity index (χ3n) is 4.60. The molecule has 20 heavy (non-hydrogen) atoms. The molecule has 1 fully saturated rings. The average molecular weight is 274 g/mol. The molecule has 1 aromatic rings. The number of benzene rings is 1. The van der Waals surface area contributed by atoms with Gasteiger partial charge in [0.2, 0.25) is 0 Å². The van der Waals surface area contributed by atoms with Gasteiger partial charge < -0.3 is 9.47 Å². The summed E-state index contributed by atoms with van der Waals surface area (Å²) in [6.07, 6.45) is 3.02. The van der Waals surface area contributed by atoms with Crippen molar-refractivity contribution in [3.05, 3.63) is 23.3 Å². The number of ketones is 2. The van der Waals surface area contributed by atoms with Crippen molar-refractivity contribution >= 4 is 11.6 Å². The van der Waals surface area contributed by atoms with Crippen molar-refractivity contribution in [1.29, 1.82) is 0 Å². The second-order valence-electron chi connectivity index (χ2n) is 5.47. The summed E-state index contributed by atoms with van der Waals surface area (Å²) in [7, 11) is 3.16. The van der Waals surface area contributed by atoms with E-state index in [4.69, 9.17) is 9.47 Å². The van der Waals surface area contributed by atoms with Gasteiger partial charge in [0.1, 0.15) is 5.41 Å². The molecule has 106 valence electrons. The summed E-state index contributed by atoms with van der Waals surface area (Å²) < 4.78 is 10.6. The molecule has 0 aliphatic heterocycles. The van der Waals surface area contributed by atoms with Gasteiger partial charge in [0, 0.05) is 12.8 Å². The fourth-order valence-electron chi connectivity index (χ4n) is 3.55. The fraction of sp³-hybridized carbons (Fsp3) is 0.500. The smallest absolute Gasteiger partial charge is 0.161 e. The topological polar surface area (TPSA) is 52.6 Å². The Balaban J connectivity index is 2.18. The molecule has 0 N–H and O–H groups in total. The lowest BCUT2D eigenvalue weighted by Gasteiger charge is -2.31. The molecule has 4 nitrogen and oxygen atoms in total. The summed E-state index contributed by atoms with van der Waals surface area (Å²) in [5.74, 6) is 1.37. The monoisotopic (exact) mass is 274 g/mol. The van der Waals surface area contributed by atoms with E-state index in [-0.39, 0.29) is 11.6 Å². The van der Waals surface area contributed by atoms with Crippen LogP contribution in [-0.2, 0) is 21.4 Å². The summed E-state index contributed by atoms with van der Waals surface area (Å²) in [4.78, 5) is 24.9. The first-order valence-electron chi connectivity index (χ1n) is 6.95. The molecule has 0 bridgehead atoms. The Morgan fingerprint density at radius 1 is 0.950 bits per heavy atom. The van der Waals surface area contributed by atoms with Crippen LogP contribution in [0.1, 0.15) is 36.8 Å². The van der Waals surface area contributed by atoms with Gasteiger partial charge >= 0.3 is 0 Å². The Hall–Kier alpha value is -1.84. The number of fused-ring (bicyclic) bond motifs is 2. The lowest BCUT2D eigenvalue weighted by molar-refractivity contribution is -0.138. The van der Waals surface area contributed by atoms with Crippen LogP contribution in [-0.4, -0.2) is 25.8 Å². The van der Waals surface area contributed by atoms with Crippen LogP contribution in [0.15, 0.2) is 12.1 Å². The number of carbonyl (C=O) groups excluding carboxylic acids is 2. The molecule has 0 aromatic heterocycles. The zero-order chi connectivity index (χ0) is 14.3. The molecule has 1 spiro atoms. The first-order chi connectivity index (χ1) is 9.63. The highest BCUT2D eigenvalue weighted by Gasteiger charge is 2.52. The lowest BCUT2D eigenvalue weighted by Crippen LogP contribution is -2.44. The number of ether oxygens (including phenoxy) is 2. The minimum Gasteiger partial charge on any atom is -0.493 e. The van der Waals surface area contributed by atoms with Crippen LogP contribution >= 0.6 is 0 Å². The molecule has 0 atom stereocenters. The maximum atomic E-state index is 12.5. The van der Waals surface area contributed by atoms with Crippen LogP contribution in [0.2, 0.25) is 0 Å². The van der Waals surface area contributed by atoms with Crippen LogP contribution in [0, 0.1) is 0 Å². The van der Waals surface area contributed by atoms with E-state index < -0.39 is 5.41 Å². The molecule has 0 unspecified atom stereocenters. The number of rotatable bonds is 2. The van der Waals surface area contributed by atoms with Crippen molar-refractivity contribution in [2.75, 3.05) is 14.2 Å². The predicted octanol–water partition coefficient (Wildman–Crippen LogP) is 2.21. The highest BCUT2D eigenvalue weighted by atomic mass is 16.5. The lowest BCUT2D eigenvalue weighted by atomic mass is 9.68. The summed E-state index contributed by atoms with van der Waals surface area (Å²) in [5.41, 5.74) is 0.962. The second-order valence-corrected chi connectivity index (χ2v) is 5.47. The number of hydrogen-bond donors (Lipinski definition) is 0. The van der Waals surface area contributed by atoms with Crippen molar-refractivity contribution in [2.24, 2.45) is 0 Å². The molecule has 0 heterocycles. The summed E-state index contributed by atoms with van der Waals surface area (Å²) in [5, 5.41) is 0. The quantitative estimate of drug-likeness (QED) is 0.776. The first-order valence-corrected chi connectivity index (χ1v) is 6.95. The molecular weight excluding hydrogens is 256 g/mol.